The first-order chi connectivity index (χ1) is 10.2. The van der Waals surface area contributed by atoms with Crippen LogP contribution in [0.2, 0.25) is 5.02 Å². The Morgan fingerprint density at radius 2 is 1.67 bits per heavy atom. The van der Waals surface area contributed by atoms with Gasteiger partial charge in [-0.3, -0.25) is 0 Å². The van der Waals surface area contributed by atoms with Gasteiger partial charge < -0.3 is 15.2 Å². The summed E-state index contributed by atoms with van der Waals surface area (Å²) in [6.07, 6.45) is 1.47. The maximum Gasteiger partial charge on any atom is 0.175 e. The zero-order valence-electron chi connectivity index (χ0n) is 11.2. The van der Waals surface area contributed by atoms with Gasteiger partial charge in [-0.1, -0.05) is 16.8 Å². The summed E-state index contributed by atoms with van der Waals surface area (Å²) in [5, 5.41) is 10.8. The average molecular weight is 302 g/mol. The highest BCUT2D eigenvalue weighted by Gasteiger charge is 2.03. The highest BCUT2D eigenvalue weighted by molar-refractivity contribution is 6.30. The monoisotopic (exact) mass is 301 g/mol. The highest BCUT2D eigenvalue weighted by Crippen LogP contribution is 2.20. The molecule has 0 aliphatic rings. The normalized spacial score (nSPS) is 10.4. The van der Waals surface area contributed by atoms with Crippen LogP contribution in [-0.2, 0) is 0 Å². The van der Waals surface area contributed by atoms with Crippen molar-refractivity contribution in [2.24, 2.45) is 0 Å². The Labute approximate surface area is 126 Å². The minimum Gasteiger partial charge on any atom is -0.360 e. The predicted molar refractivity (Wildman–Crippen MR) is 81.3 cm³/mol. The predicted octanol–water partition coefficient (Wildman–Crippen LogP) is 3.91. The fourth-order valence-corrected chi connectivity index (χ4v) is 1.86. The van der Waals surface area contributed by atoms with Crippen molar-refractivity contribution in [2.45, 2.75) is 6.92 Å². The van der Waals surface area contributed by atoms with Gasteiger partial charge >= 0.3 is 0 Å². The number of hydrogen-bond acceptors (Lipinski definition) is 6. The third-order valence-electron chi connectivity index (χ3n) is 2.67. The van der Waals surface area contributed by atoms with Crippen molar-refractivity contribution in [3.05, 3.63) is 53.5 Å². The molecule has 0 aliphatic carbocycles. The molecular weight excluding hydrogens is 290 g/mol. The number of aromatic nitrogens is 3. The van der Waals surface area contributed by atoms with Gasteiger partial charge in [-0.2, -0.15) is 0 Å². The van der Waals surface area contributed by atoms with E-state index in [0.29, 0.717) is 22.5 Å². The van der Waals surface area contributed by atoms with E-state index in [1.165, 1.54) is 6.33 Å². The van der Waals surface area contributed by atoms with E-state index < -0.39 is 0 Å². The molecule has 0 saturated carbocycles. The Morgan fingerprint density at radius 1 is 0.952 bits per heavy atom. The summed E-state index contributed by atoms with van der Waals surface area (Å²) >= 11 is 5.85. The second kappa shape index (κ2) is 5.80. The molecule has 106 valence electrons. The topological polar surface area (TPSA) is 75.9 Å². The first kappa shape index (κ1) is 13.4. The van der Waals surface area contributed by atoms with Gasteiger partial charge in [0, 0.05) is 22.8 Å². The van der Waals surface area contributed by atoms with Gasteiger partial charge in [0.25, 0.3) is 0 Å². The van der Waals surface area contributed by atoms with Crippen LogP contribution >= 0.6 is 11.6 Å². The van der Waals surface area contributed by atoms with E-state index in [-0.39, 0.29) is 0 Å². The van der Waals surface area contributed by atoms with Crippen molar-refractivity contribution in [1.82, 2.24) is 15.1 Å². The van der Waals surface area contributed by atoms with Crippen LogP contribution in [0.1, 0.15) is 5.76 Å². The quantitative estimate of drug-likeness (QED) is 0.761. The summed E-state index contributed by atoms with van der Waals surface area (Å²) in [5.41, 5.74) is 0.890. The van der Waals surface area contributed by atoms with Crippen molar-refractivity contribution in [1.29, 1.82) is 0 Å². The summed E-state index contributed by atoms with van der Waals surface area (Å²) < 4.78 is 4.99. The van der Waals surface area contributed by atoms with Crippen LogP contribution in [0.4, 0.5) is 23.1 Å². The lowest BCUT2D eigenvalue weighted by Gasteiger charge is -2.07. The summed E-state index contributed by atoms with van der Waals surface area (Å²) in [6, 6.07) is 10.9. The maximum atomic E-state index is 5.85. The largest absolute Gasteiger partial charge is 0.360 e. The highest BCUT2D eigenvalue weighted by atomic mass is 35.5. The SMILES string of the molecule is Cc1cc(Nc2cc(Nc3ccc(Cl)cc3)ncn2)no1. The summed E-state index contributed by atoms with van der Waals surface area (Å²) in [5.74, 6) is 2.61. The van der Waals surface area contributed by atoms with Gasteiger partial charge in [0.1, 0.15) is 23.7 Å². The molecule has 0 bridgehead atoms. The maximum absolute atomic E-state index is 5.85. The Hall–Kier alpha value is -2.60. The van der Waals surface area contributed by atoms with E-state index in [0.717, 1.165) is 11.4 Å². The fourth-order valence-electron chi connectivity index (χ4n) is 1.73. The lowest BCUT2D eigenvalue weighted by molar-refractivity contribution is 0.400. The fraction of sp³-hybridized carbons (Fsp3) is 0.0714. The molecule has 21 heavy (non-hydrogen) atoms. The molecule has 3 rings (SSSR count). The number of halogens is 1. The minimum atomic E-state index is 0.601. The molecule has 6 nitrogen and oxygen atoms in total. The molecule has 2 heterocycles. The molecule has 1 aromatic carbocycles. The summed E-state index contributed by atoms with van der Waals surface area (Å²) in [4.78, 5) is 8.30. The summed E-state index contributed by atoms with van der Waals surface area (Å²) in [7, 11) is 0. The van der Waals surface area contributed by atoms with Crippen molar-refractivity contribution in [3.8, 4) is 0 Å². The van der Waals surface area contributed by atoms with Gasteiger partial charge in [-0.15, -0.1) is 0 Å². The molecule has 3 aromatic rings. The minimum absolute atomic E-state index is 0.601. The molecule has 2 aromatic heterocycles. The molecular formula is C14H12ClN5O. The van der Waals surface area contributed by atoms with Crippen molar-refractivity contribution < 1.29 is 4.52 Å². The van der Waals surface area contributed by atoms with Crippen molar-refractivity contribution in [3.63, 3.8) is 0 Å². The molecule has 0 atom stereocenters. The first-order valence-electron chi connectivity index (χ1n) is 6.24. The zero-order valence-corrected chi connectivity index (χ0v) is 11.9. The average Bonchev–Trinajstić information content (AvgIpc) is 2.87. The number of benzene rings is 1. The molecule has 2 N–H and O–H groups in total. The molecule has 0 aliphatic heterocycles. The van der Waals surface area contributed by atoms with Crippen LogP contribution in [-0.4, -0.2) is 15.1 Å². The lowest BCUT2D eigenvalue weighted by atomic mass is 10.3. The molecule has 0 amide bonds. The smallest absolute Gasteiger partial charge is 0.175 e. The molecule has 0 saturated heterocycles. The second-order valence-electron chi connectivity index (χ2n) is 4.37. The van der Waals surface area contributed by atoms with E-state index in [4.69, 9.17) is 16.1 Å². The Morgan fingerprint density at radius 3 is 2.33 bits per heavy atom. The van der Waals surface area contributed by atoms with Crippen LogP contribution in [0.15, 0.2) is 47.2 Å². The number of hydrogen-bond donors (Lipinski definition) is 2. The molecule has 7 heteroatoms. The van der Waals surface area contributed by atoms with Gasteiger partial charge in [-0.25, -0.2) is 9.97 Å². The molecule has 0 fully saturated rings. The number of anilines is 4. The van der Waals surface area contributed by atoms with E-state index in [9.17, 15) is 0 Å². The van der Waals surface area contributed by atoms with Crippen molar-refractivity contribution in [2.75, 3.05) is 10.6 Å². The van der Waals surface area contributed by atoms with Crippen LogP contribution < -0.4 is 10.6 Å². The summed E-state index contributed by atoms with van der Waals surface area (Å²) in [6.45, 7) is 1.83. The van der Waals surface area contributed by atoms with E-state index in [2.05, 4.69) is 25.8 Å². The third-order valence-corrected chi connectivity index (χ3v) is 2.92. The standard InChI is InChI=1S/C14H12ClN5O/c1-9-6-14(20-21-9)19-13-7-12(16-8-17-13)18-11-4-2-10(15)3-5-11/h2-8H,1H3,(H2,16,17,18,19,20). The van der Waals surface area contributed by atoms with Crippen LogP contribution in [0.5, 0.6) is 0 Å². The van der Waals surface area contributed by atoms with E-state index in [1.807, 2.05) is 31.2 Å². The van der Waals surface area contributed by atoms with Crippen LogP contribution in [0.3, 0.4) is 0 Å². The van der Waals surface area contributed by atoms with Crippen molar-refractivity contribution >= 4 is 34.7 Å². The number of nitrogens with one attached hydrogen (secondary N) is 2. The molecule has 0 spiro atoms. The zero-order chi connectivity index (χ0) is 14.7. The Bertz CT molecular complexity index is 741. The van der Waals surface area contributed by atoms with Gasteiger partial charge in [0.05, 0.1) is 0 Å². The Balaban J connectivity index is 1.75. The molecule has 0 radical (unpaired) electrons. The van der Waals surface area contributed by atoms with Gasteiger partial charge in [-0.05, 0) is 31.2 Å². The van der Waals surface area contributed by atoms with E-state index >= 15 is 0 Å². The molecule has 0 unspecified atom stereocenters. The second-order valence-corrected chi connectivity index (χ2v) is 4.80. The first-order valence-corrected chi connectivity index (χ1v) is 6.62. The van der Waals surface area contributed by atoms with Gasteiger partial charge in [0.2, 0.25) is 0 Å². The van der Waals surface area contributed by atoms with Gasteiger partial charge in [0.15, 0.2) is 5.82 Å². The third kappa shape index (κ3) is 3.49. The number of rotatable bonds is 4. The number of aryl methyl sites for hydroxylation is 1. The number of nitrogens with zero attached hydrogens (tertiary/aromatic N) is 3. The van der Waals surface area contributed by atoms with Crippen LogP contribution in [0, 0.1) is 6.92 Å². The lowest BCUT2D eigenvalue weighted by Crippen LogP contribution is -1.98. The Kier molecular flexibility index (Phi) is 3.70. The van der Waals surface area contributed by atoms with E-state index in [1.54, 1.807) is 12.1 Å². The van der Waals surface area contributed by atoms with Crippen LogP contribution in [0.25, 0.3) is 0 Å².